The Morgan fingerprint density at radius 1 is 1.20 bits per heavy atom. The Hall–Kier alpha value is 3.40. The summed E-state index contributed by atoms with van der Waals surface area (Å²) in [6.07, 6.45) is 0. The Morgan fingerprint density at radius 2 is 1.20 bits per heavy atom. The molecular formula is H5CaMoNbNiSi. The molecule has 0 aromatic rings. The van der Waals surface area contributed by atoms with Gasteiger partial charge < -0.3 is 0 Å². The summed E-state index contributed by atoms with van der Waals surface area (Å²) in [4.78, 5) is 0. The van der Waals surface area contributed by atoms with Gasteiger partial charge in [0.15, 0.2) is 0 Å². The first kappa shape index (κ1) is 23.8. The van der Waals surface area contributed by atoms with Crippen molar-refractivity contribution in [2.75, 3.05) is 0 Å². The fraction of sp³-hybridized carbons (Fsp3) is 0. The summed E-state index contributed by atoms with van der Waals surface area (Å²) in [5.41, 5.74) is 0. The molecule has 0 saturated carbocycles. The van der Waals surface area contributed by atoms with Crippen molar-refractivity contribution in [2.24, 2.45) is 0 Å². The van der Waals surface area contributed by atoms with Crippen LogP contribution in [0.1, 0.15) is 0 Å². The molecule has 0 atom stereocenters. The molecule has 0 aliphatic heterocycles. The molecule has 5 heavy (non-hydrogen) atoms. The zero-order chi connectivity index (χ0) is 2.00. The van der Waals surface area contributed by atoms with E-state index in [4.69, 9.17) is 0 Å². The van der Waals surface area contributed by atoms with E-state index in [9.17, 15) is 0 Å². The first-order valence-electron chi connectivity index (χ1n) is 0.408. The van der Waals surface area contributed by atoms with Gasteiger partial charge in [-0.15, -0.1) is 0 Å². The summed E-state index contributed by atoms with van der Waals surface area (Å²) in [5, 5.41) is 0. The van der Waals surface area contributed by atoms with Crippen LogP contribution in [0.2, 0.25) is 0 Å². The second kappa shape index (κ2) is 26.2. The molecule has 0 nitrogen and oxygen atoms in total. The van der Waals surface area contributed by atoms with E-state index in [2.05, 4.69) is 19.1 Å². The van der Waals surface area contributed by atoms with Gasteiger partial charge in [0.1, 0.15) is 0 Å². The standard InChI is InChI=1S/Ca.Mo.Nb.Ni.H3Si.2H/h;;;;1H3;;. The second-order valence-electron chi connectivity index (χ2n) is 0. The van der Waals surface area contributed by atoms with Crippen LogP contribution in [0.5, 0.6) is 0 Å². The summed E-state index contributed by atoms with van der Waals surface area (Å²) in [6, 6.07) is 0. The van der Waals surface area contributed by atoms with E-state index in [1.165, 1.54) is 8.21 Å². The first-order chi connectivity index (χ1) is 1.00. The molecule has 0 spiro atoms. The molecule has 1 radical (unpaired) electrons. The summed E-state index contributed by atoms with van der Waals surface area (Å²) < 4.78 is 0. The van der Waals surface area contributed by atoms with Crippen LogP contribution in [0.4, 0.5) is 0 Å². The third-order valence-corrected chi connectivity index (χ3v) is 0. The Morgan fingerprint density at radius 3 is 1.20 bits per heavy atom. The van der Waals surface area contributed by atoms with Gasteiger partial charge in [-0.3, -0.25) is 0 Å². The van der Waals surface area contributed by atoms with Crippen molar-refractivity contribution in [3.63, 3.8) is 0 Å². The van der Waals surface area contributed by atoms with E-state index in [1.54, 1.807) is 0 Å². The molecule has 0 aliphatic carbocycles. The van der Waals surface area contributed by atoms with Gasteiger partial charge in [0.05, 0.1) is 0 Å². The van der Waals surface area contributed by atoms with Crippen molar-refractivity contribution in [3.05, 3.63) is 0 Å². The topological polar surface area (TPSA) is 0 Å². The number of hydrogen-bond acceptors (Lipinski definition) is 0. The maximum atomic E-state index is 2.09. The van der Waals surface area contributed by atoms with Crippen molar-refractivity contribution >= 4 is 46.0 Å². The van der Waals surface area contributed by atoms with Crippen molar-refractivity contribution in [3.8, 4) is 0 Å². The van der Waals surface area contributed by atoms with E-state index in [0.29, 0.717) is 0 Å². The molecule has 32 valence electrons. The molecule has 0 N–H and O–H groups in total. The van der Waals surface area contributed by atoms with Gasteiger partial charge in [-0.25, -0.2) is 0 Å². The van der Waals surface area contributed by atoms with Gasteiger partial charge >= 0.3 is 65.0 Å². The summed E-state index contributed by atoms with van der Waals surface area (Å²) >= 11 is 2.09. The molecule has 0 aliphatic rings. The molecule has 0 bridgehead atoms. The second-order valence-corrected chi connectivity index (χ2v) is 0. The summed E-state index contributed by atoms with van der Waals surface area (Å²) in [6.45, 7) is 0. The predicted octanol–water partition coefficient (Wildman–Crippen LogP) is -2.11. The fourth-order valence-electron chi connectivity index (χ4n) is 0. The molecule has 0 fully saturated rings. The quantitative estimate of drug-likeness (QED) is 0.448. The van der Waals surface area contributed by atoms with E-state index >= 15 is 0 Å². The Labute approximate surface area is 102 Å². The molecular weight excluding hydrogens is 316 g/mol. The van der Waals surface area contributed by atoms with Crippen LogP contribution < -0.4 is 0 Å². The minimum absolute atomic E-state index is 0. The predicted molar refractivity (Wildman–Crippen MR) is 18.5 cm³/mol. The van der Waals surface area contributed by atoms with Crippen LogP contribution in [-0.4, -0.2) is 46.0 Å². The minimum atomic E-state index is 0. The normalized spacial score (nSPS) is 1.60. The SMILES string of the molecule is [CaH2].[Nb].[Ni].[SiH3][Mo]. The van der Waals surface area contributed by atoms with Crippen molar-refractivity contribution in [1.29, 1.82) is 0 Å². The van der Waals surface area contributed by atoms with Gasteiger partial charge in [-0.2, -0.15) is 0 Å². The number of rotatable bonds is 0. The van der Waals surface area contributed by atoms with Crippen LogP contribution in [-0.2, 0) is 58.0 Å². The molecule has 0 aromatic heterocycles. The van der Waals surface area contributed by atoms with Crippen LogP contribution in [0.3, 0.4) is 0 Å². The van der Waals surface area contributed by atoms with Gasteiger partial charge in [0.25, 0.3) is 0 Å². The third-order valence-electron chi connectivity index (χ3n) is 0. The monoisotopic (exact) mass is 322 g/mol. The van der Waals surface area contributed by atoms with Crippen molar-refractivity contribution in [1.82, 2.24) is 0 Å². The molecule has 0 amide bonds. The van der Waals surface area contributed by atoms with Crippen molar-refractivity contribution in [2.45, 2.75) is 0 Å². The maximum absolute atomic E-state index is 2.09. The summed E-state index contributed by atoms with van der Waals surface area (Å²) in [5.74, 6) is 0. The Kier molecular flexibility index (Phi) is 125. The van der Waals surface area contributed by atoms with Crippen LogP contribution in [0, 0.1) is 0 Å². The van der Waals surface area contributed by atoms with Crippen molar-refractivity contribution < 1.29 is 58.0 Å². The molecule has 0 unspecified atom stereocenters. The van der Waals surface area contributed by atoms with E-state index < -0.39 is 0 Å². The summed E-state index contributed by atoms with van der Waals surface area (Å²) in [7, 11) is 1.32. The van der Waals surface area contributed by atoms with E-state index in [1.807, 2.05) is 0 Å². The Balaban J connectivity index is -0.00000000167. The molecule has 0 rings (SSSR count). The molecule has 5 heteroatoms. The van der Waals surface area contributed by atoms with Gasteiger partial charge in [0, 0.05) is 38.9 Å². The van der Waals surface area contributed by atoms with Gasteiger partial charge in [-0.05, 0) is 0 Å². The van der Waals surface area contributed by atoms with E-state index in [-0.39, 0.29) is 76.6 Å². The van der Waals surface area contributed by atoms with Gasteiger partial charge in [0.2, 0.25) is 0 Å². The van der Waals surface area contributed by atoms with Crippen LogP contribution >= 0.6 is 0 Å². The zero-order valence-corrected chi connectivity index (χ0v) is 9.36. The average molecular weight is 321 g/mol. The first-order valence-corrected chi connectivity index (χ1v) is 7.25. The third kappa shape index (κ3) is 18.7. The van der Waals surface area contributed by atoms with Crippen LogP contribution in [0.25, 0.3) is 0 Å². The average Bonchev–Trinajstić information content (AvgIpc) is 1.00. The molecule has 0 aromatic carbocycles. The molecule has 0 saturated heterocycles. The fourth-order valence-corrected chi connectivity index (χ4v) is 0. The van der Waals surface area contributed by atoms with E-state index in [0.717, 1.165) is 0 Å². The number of hydrogen-bond donors (Lipinski definition) is 0. The van der Waals surface area contributed by atoms with Gasteiger partial charge in [-0.1, -0.05) is 0 Å². The van der Waals surface area contributed by atoms with Crippen LogP contribution in [0.15, 0.2) is 0 Å². The molecule has 0 heterocycles. The Bertz CT molecular complexity index is 11.6. The zero-order valence-electron chi connectivity index (χ0n) is 2.17.